The molecule has 17 heavy (non-hydrogen) atoms. The van der Waals surface area contributed by atoms with Gasteiger partial charge in [0, 0.05) is 10.9 Å². The number of ether oxygens (including phenoxy) is 1. The number of benzene rings is 1. The molecule has 0 aromatic heterocycles. The van der Waals surface area contributed by atoms with Crippen molar-refractivity contribution in [3.63, 3.8) is 0 Å². The van der Waals surface area contributed by atoms with Gasteiger partial charge in [0.25, 0.3) is 0 Å². The molecule has 1 aromatic carbocycles. The monoisotopic (exact) mass is 252 g/mol. The lowest BCUT2D eigenvalue weighted by atomic mass is 9.77. The Morgan fingerprint density at radius 1 is 1.24 bits per heavy atom. The van der Waals surface area contributed by atoms with Crippen LogP contribution < -0.4 is 0 Å². The Hall–Kier alpha value is -0.570. The van der Waals surface area contributed by atoms with Gasteiger partial charge in [-0.1, -0.05) is 36.6 Å². The Bertz CT molecular complexity index is 407. The van der Waals surface area contributed by atoms with Crippen molar-refractivity contribution < 1.29 is 9.84 Å². The molecule has 0 amide bonds. The largest absolute Gasteiger partial charge is 0.367 e. The third-order valence-electron chi connectivity index (χ3n) is 4.07. The zero-order valence-corrected chi connectivity index (χ0v) is 10.4. The van der Waals surface area contributed by atoms with Gasteiger partial charge in [0.1, 0.15) is 0 Å². The van der Waals surface area contributed by atoms with E-state index in [9.17, 15) is 5.11 Å². The molecule has 2 aliphatic rings. The fourth-order valence-electron chi connectivity index (χ4n) is 3.31. The van der Waals surface area contributed by atoms with Crippen LogP contribution in [0.4, 0.5) is 0 Å². The average Bonchev–Trinajstić information content (AvgIpc) is 2.64. The van der Waals surface area contributed by atoms with Crippen LogP contribution in [0.1, 0.15) is 37.2 Å². The van der Waals surface area contributed by atoms with Gasteiger partial charge in [-0.2, -0.15) is 0 Å². The molecule has 4 atom stereocenters. The predicted molar refractivity (Wildman–Crippen MR) is 67.0 cm³/mol. The van der Waals surface area contributed by atoms with Crippen LogP contribution >= 0.6 is 11.6 Å². The maximum absolute atomic E-state index is 10.1. The summed E-state index contributed by atoms with van der Waals surface area (Å²) in [6.45, 7) is 0. The number of rotatable bonds is 1. The van der Waals surface area contributed by atoms with E-state index in [-0.39, 0.29) is 12.0 Å². The van der Waals surface area contributed by atoms with E-state index in [2.05, 4.69) is 0 Å². The van der Waals surface area contributed by atoms with Gasteiger partial charge in [-0.05, 0) is 36.5 Å². The van der Waals surface area contributed by atoms with Crippen molar-refractivity contribution in [3.8, 4) is 0 Å². The Balaban J connectivity index is 1.90. The lowest BCUT2D eigenvalue weighted by Crippen LogP contribution is -2.23. The van der Waals surface area contributed by atoms with E-state index in [0.717, 1.165) is 23.4 Å². The number of halogens is 1. The summed E-state index contributed by atoms with van der Waals surface area (Å²) in [5.74, 6) is 0.552. The van der Waals surface area contributed by atoms with E-state index >= 15 is 0 Å². The summed E-state index contributed by atoms with van der Waals surface area (Å²) in [5.41, 5.74) is 1.11. The second-order valence-electron chi connectivity index (χ2n) is 5.09. The number of fused-ring (bicyclic) bond motifs is 1. The van der Waals surface area contributed by atoms with E-state index in [1.807, 2.05) is 24.3 Å². The summed E-state index contributed by atoms with van der Waals surface area (Å²) in [4.78, 5) is 0. The molecule has 0 unspecified atom stereocenters. The van der Waals surface area contributed by atoms with Gasteiger partial charge in [0.05, 0.1) is 6.10 Å². The van der Waals surface area contributed by atoms with E-state index in [0.29, 0.717) is 5.92 Å². The third kappa shape index (κ3) is 2.10. The molecule has 0 radical (unpaired) electrons. The predicted octanol–water partition coefficient (Wildman–Crippen LogP) is 3.33. The highest BCUT2D eigenvalue weighted by Crippen LogP contribution is 2.46. The summed E-state index contributed by atoms with van der Waals surface area (Å²) >= 11 is 6.02. The fraction of sp³-hybridized carbons (Fsp3) is 0.571. The van der Waals surface area contributed by atoms with E-state index in [4.69, 9.17) is 16.3 Å². The first-order valence-electron chi connectivity index (χ1n) is 6.35. The summed E-state index contributed by atoms with van der Waals surface area (Å²) in [6, 6.07) is 7.81. The normalized spacial score (nSPS) is 36.8. The lowest BCUT2D eigenvalue weighted by Gasteiger charge is -2.27. The molecule has 1 N–H and O–H groups in total. The van der Waals surface area contributed by atoms with Crippen molar-refractivity contribution in [2.45, 2.75) is 44.0 Å². The van der Waals surface area contributed by atoms with Crippen LogP contribution in [0, 0.1) is 5.92 Å². The number of hydrogen-bond acceptors (Lipinski definition) is 2. The molecule has 92 valence electrons. The molecule has 1 aromatic rings. The van der Waals surface area contributed by atoms with Crippen LogP contribution in [-0.2, 0) is 4.74 Å². The van der Waals surface area contributed by atoms with Gasteiger partial charge >= 0.3 is 0 Å². The van der Waals surface area contributed by atoms with Crippen LogP contribution in [0.5, 0.6) is 0 Å². The van der Waals surface area contributed by atoms with Gasteiger partial charge in [0.15, 0.2) is 6.29 Å². The van der Waals surface area contributed by atoms with Crippen LogP contribution in [0.15, 0.2) is 24.3 Å². The summed E-state index contributed by atoms with van der Waals surface area (Å²) in [7, 11) is 0. The first kappa shape index (κ1) is 11.5. The fourth-order valence-corrected chi connectivity index (χ4v) is 3.50. The SMILES string of the molecule is O[C@@H]1O[C@@H]2CCCC[C@H]2[C@@H]1c1cccc(Cl)c1. The van der Waals surface area contributed by atoms with Gasteiger partial charge in [-0.3, -0.25) is 0 Å². The van der Waals surface area contributed by atoms with Gasteiger partial charge in [-0.25, -0.2) is 0 Å². The first-order valence-corrected chi connectivity index (χ1v) is 6.72. The molecule has 1 heterocycles. The quantitative estimate of drug-likeness (QED) is 0.831. The van der Waals surface area contributed by atoms with Crippen molar-refractivity contribution >= 4 is 11.6 Å². The molecular weight excluding hydrogens is 236 g/mol. The maximum atomic E-state index is 10.1. The van der Waals surface area contributed by atoms with Gasteiger partial charge in [-0.15, -0.1) is 0 Å². The Morgan fingerprint density at radius 2 is 2.06 bits per heavy atom. The molecule has 0 spiro atoms. The molecule has 1 saturated heterocycles. The number of aliphatic hydroxyl groups excluding tert-OH is 1. The standard InChI is InChI=1S/C14H17ClO2/c15-10-5-3-4-9(8-10)13-11-6-1-2-7-12(11)17-14(13)16/h3-5,8,11-14,16H,1-2,6-7H2/t11-,12-,13+,14-/m1/s1. The topological polar surface area (TPSA) is 29.5 Å². The number of aliphatic hydroxyl groups is 1. The van der Waals surface area contributed by atoms with Crippen molar-refractivity contribution in [1.29, 1.82) is 0 Å². The molecule has 0 bridgehead atoms. The molecule has 3 heteroatoms. The van der Waals surface area contributed by atoms with E-state index < -0.39 is 6.29 Å². The highest BCUT2D eigenvalue weighted by molar-refractivity contribution is 6.30. The van der Waals surface area contributed by atoms with E-state index in [1.54, 1.807) is 0 Å². The highest BCUT2D eigenvalue weighted by Gasteiger charge is 2.45. The second kappa shape index (κ2) is 4.60. The minimum Gasteiger partial charge on any atom is -0.367 e. The smallest absolute Gasteiger partial charge is 0.162 e. The van der Waals surface area contributed by atoms with Crippen molar-refractivity contribution in [2.75, 3.05) is 0 Å². The Morgan fingerprint density at radius 3 is 2.88 bits per heavy atom. The van der Waals surface area contributed by atoms with Crippen LogP contribution in [-0.4, -0.2) is 17.5 Å². The molecule has 1 saturated carbocycles. The zero-order chi connectivity index (χ0) is 11.8. The van der Waals surface area contributed by atoms with Crippen LogP contribution in [0.3, 0.4) is 0 Å². The number of hydrogen-bond donors (Lipinski definition) is 1. The van der Waals surface area contributed by atoms with Crippen molar-refractivity contribution in [3.05, 3.63) is 34.9 Å². The van der Waals surface area contributed by atoms with Crippen LogP contribution in [0.25, 0.3) is 0 Å². The van der Waals surface area contributed by atoms with Gasteiger partial charge < -0.3 is 9.84 Å². The maximum Gasteiger partial charge on any atom is 0.162 e. The molecule has 1 aliphatic heterocycles. The molecule has 2 fully saturated rings. The summed E-state index contributed by atoms with van der Waals surface area (Å²) < 4.78 is 5.68. The summed E-state index contributed by atoms with van der Waals surface area (Å²) in [5, 5.41) is 10.8. The lowest BCUT2D eigenvalue weighted by molar-refractivity contribution is -0.101. The van der Waals surface area contributed by atoms with Crippen LogP contribution in [0.2, 0.25) is 5.02 Å². The second-order valence-corrected chi connectivity index (χ2v) is 5.53. The minimum atomic E-state index is -0.665. The van der Waals surface area contributed by atoms with Crippen molar-refractivity contribution in [2.24, 2.45) is 5.92 Å². The third-order valence-corrected chi connectivity index (χ3v) is 4.31. The average molecular weight is 253 g/mol. The molecule has 1 aliphatic carbocycles. The minimum absolute atomic E-state index is 0.0963. The zero-order valence-electron chi connectivity index (χ0n) is 9.68. The Kier molecular flexibility index (Phi) is 3.12. The molecule has 3 rings (SSSR count). The molecular formula is C14H17ClO2. The Labute approximate surface area is 107 Å². The van der Waals surface area contributed by atoms with Crippen molar-refractivity contribution in [1.82, 2.24) is 0 Å². The molecule has 2 nitrogen and oxygen atoms in total. The first-order chi connectivity index (χ1) is 8.25. The highest BCUT2D eigenvalue weighted by atomic mass is 35.5. The van der Waals surface area contributed by atoms with Gasteiger partial charge in [0.2, 0.25) is 0 Å². The van der Waals surface area contributed by atoms with E-state index in [1.165, 1.54) is 12.8 Å². The summed E-state index contributed by atoms with van der Waals surface area (Å²) in [6.07, 6.45) is 4.27.